The van der Waals surface area contributed by atoms with Crippen LogP contribution in [0.3, 0.4) is 0 Å². The Labute approximate surface area is 107 Å². The van der Waals surface area contributed by atoms with E-state index >= 15 is 0 Å². The van der Waals surface area contributed by atoms with Crippen LogP contribution in [0.15, 0.2) is 12.1 Å². The van der Waals surface area contributed by atoms with E-state index in [9.17, 15) is 0 Å². The monoisotopic (exact) mass is 238 g/mol. The lowest BCUT2D eigenvalue weighted by molar-refractivity contribution is 0.138. The molecular weight excluding hydrogens is 211 g/mol. The molecule has 1 saturated carbocycles. The predicted octanol–water partition coefficient (Wildman–Crippen LogP) is 4.00. The van der Waals surface area contributed by atoms with Crippen LogP contribution < -0.4 is 0 Å². The standard InChI is InChI=1S/C14H27BO2/c1-12(2)16-15(17-13(3)4)11-10-14-8-6-5-7-9-14/h10-14H,5-9H2,1-4H3/b11-10+. The fourth-order valence-electron chi connectivity index (χ4n) is 2.23. The summed E-state index contributed by atoms with van der Waals surface area (Å²) in [6.45, 7) is 8.19. The van der Waals surface area contributed by atoms with Crippen molar-refractivity contribution in [3.8, 4) is 0 Å². The first-order valence-electron chi connectivity index (χ1n) is 7.07. The van der Waals surface area contributed by atoms with Crippen LogP contribution >= 0.6 is 0 Å². The van der Waals surface area contributed by atoms with Crippen molar-refractivity contribution in [2.45, 2.75) is 72.0 Å². The summed E-state index contributed by atoms with van der Waals surface area (Å²) in [6.07, 6.45) is 9.50. The van der Waals surface area contributed by atoms with Crippen molar-refractivity contribution in [1.82, 2.24) is 0 Å². The van der Waals surface area contributed by atoms with Crippen molar-refractivity contribution in [1.29, 1.82) is 0 Å². The molecule has 0 aromatic carbocycles. The van der Waals surface area contributed by atoms with Gasteiger partial charge in [-0.1, -0.05) is 31.3 Å². The molecule has 17 heavy (non-hydrogen) atoms. The molecule has 0 saturated heterocycles. The fourth-order valence-corrected chi connectivity index (χ4v) is 2.23. The lowest BCUT2D eigenvalue weighted by Crippen LogP contribution is -2.28. The summed E-state index contributed by atoms with van der Waals surface area (Å²) >= 11 is 0. The largest absolute Gasteiger partial charge is 0.486 e. The van der Waals surface area contributed by atoms with E-state index in [0.29, 0.717) is 0 Å². The molecule has 0 N–H and O–H groups in total. The molecule has 0 atom stereocenters. The summed E-state index contributed by atoms with van der Waals surface area (Å²) in [5.74, 6) is 2.84. The summed E-state index contributed by atoms with van der Waals surface area (Å²) in [4.78, 5) is 0. The van der Waals surface area contributed by atoms with Gasteiger partial charge < -0.3 is 9.31 Å². The molecule has 0 aliphatic heterocycles. The molecule has 3 heteroatoms. The van der Waals surface area contributed by atoms with Crippen LogP contribution in [0.5, 0.6) is 0 Å². The molecule has 0 radical (unpaired) electrons. The zero-order chi connectivity index (χ0) is 12.7. The molecule has 0 unspecified atom stereocenters. The molecule has 0 amide bonds. The predicted molar refractivity (Wildman–Crippen MR) is 73.9 cm³/mol. The van der Waals surface area contributed by atoms with Gasteiger partial charge in [-0.25, -0.2) is 0 Å². The second-order valence-electron chi connectivity index (χ2n) is 5.52. The van der Waals surface area contributed by atoms with E-state index in [1.807, 2.05) is 27.7 Å². The van der Waals surface area contributed by atoms with E-state index in [2.05, 4.69) is 12.1 Å². The zero-order valence-corrected chi connectivity index (χ0v) is 11.8. The van der Waals surface area contributed by atoms with Crippen LogP contribution in [-0.2, 0) is 9.31 Å². The molecule has 1 fully saturated rings. The van der Waals surface area contributed by atoms with E-state index in [4.69, 9.17) is 9.31 Å². The molecule has 1 aliphatic carbocycles. The lowest BCUT2D eigenvalue weighted by Gasteiger charge is -2.20. The number of rotatable bonds is 6. The lowest BCUT2D eigenvalue weighted by atomic mass is 9.82. The maximum Gasteiger partial charge on any atom is 0.486 e. The van der Waals surface area contributed by atoms with Crippen molar-refractivity contribution in [3.05, 3.63) is 12.1 Å². The number of hydrogen-bond acceptors (Lipinski definition) is 2. The van der Waals surface area contributed by atoms with E-state index in [0.717, 1.165) is 5.92 Å². The molecular formula is C14H27BO2. The average Bonchev–Trinajstić information content (AvgIpc) is 2.26. The third-order valence-corrected chi connectivity index (χ3v) is 3.00. The molecule has 1 rings (SSSR count). The van der Waals surface area contributed by atoms with Crippen LogP contribution in [0.1, 0.15) is 59.8 Å². The SMILES string of the molecule is CC(C)OB(/C=C/C1CCCCC1)OC(C)C. The molecule has 0 bridgehead atoms. The van der Waals surface area contributed by atoms with Crippen molar-refractivity contribution in [2.24, 2.45) is 5.92 Å². The van der Waals surface area contributed by atoms with Crippen molar-refractivity contribution in [3.63, 3.8) is 0 Å². The normalized spacial score (nSPS) is 18.5. The van der Waals surface area contributed by atoms with E-state index in [1.165, 1.54) is 32.1 Å². The van der Waals surface area contributed by atoms with Gasteiger partial charge in [-0.15, -0.1) is 0 Å². The molecule has 0 heterocycles. The van der Waals surface area contributed by atoms with Gasteiger partial charge in [-0.05, 0) is 46.5 Å². The highest BCUT2D eigenvalue weighted by molar-refractivity contribution is 6.50. The van der Waals surface area contributed by atoms with Crippen molar-refractivity contribution in [2.75, 3.05) is 0 Å². The van der Waals surface area contributed by atoms with Gasteiger partial charge >= 0.3 is 7.12 Å². The van der Waals surface area contributed by atoms with Gasteiger partial charge in [0, 0.05) is 12.2 Å². The summed E-state index contributed by atoms with van der Waals surface area (Å²) in [5.41, 5.74) is 0. The summed E-state index contributed by atoms with van der Waals surface area (Å²) in [5, 5.41) is 0. The first kappa shape index (κ1) is 14.8. The Kier molecular flexibility index (Phi) is 6.90. The van der Waals surface area contributed by atoms with Crippen LogP contribution in [0.25, 0.3) is 0 Å². The Bertz CT molecular complexity index is 210. The third-order valence-electron chi connectivity index (χ3n) is 3.00. The maximum atomic E-state index is 5.74. The van der Waals surface area contributed by atoms with Gasteiger partial charge in [0.2, 0.25) is 0 Å². The molecule has 1 aliphatic rings. The second kappa shape index (κ2) is 7.94. The van der Waals surface area contributed by atoms with Gasteiger partial charge in [0.25, 0.3) is 0 Å². The fraction of sp³-hybridized carbons (Fsp3) is 0.857. The Hall–Kier alpha value is -0.275. The summed E-state index contributed by atoms with van der Waals surface area (Å²) in [6, 6.07) is 0. The Morgan fingerprint density at radius 3 is 1.94 bits per heavy atom. The van der Waals surface area contributed by atoms with Crippen LogP contribution in [0.2, 0.25) is 0 Å². The van der Waals surface area contributed by atoms with E-state index in [-0.39, 0.29) is 19.3 Å². The number of hydrogen-bond donors (Lipinski definition) is 0. The molecule has 0 aromatic heterocycles. The minimum absolute atomic E-state index is 0.183. The Morgan fingerprint density at radius 2 is 1.47 bits per heavy atom. The van der Waals surface area contributed by atoms with Crippen molar-refractivity contribution >= 4 is 7.12 Å². The van der Waals surface area contributed by atoms with Crippen LogP contribution in [0.4, 0.5) is 0 Å². The Morgan fingerprint density at radius 1 is 0.941 bits per heavy atom. The molecule has 0 spiro atoms. The van der Waals surface area contributed by atoms with Gasteiger partial charge in [0.05, 0.1) is 0 Å². The van der Waals surface area contributed by atoms with E-state index in [1.54, 1.807) is 0 Å². The van der Waals surface area contributed by atoms with Gasteiger partial charge in [0.1, 0.15) is 0 Å². The quantitative estimate of drug-likeness (QED) is 0.651. The number of allylic oxidation sites excluding steroid dienone is 1. The van der Waals surface area contributed by atoms with Gasteiger partial charge in [-0.2, -0.15) is 0 Å². The third kappa shape index (κ3) is 6.90. The topological polar surface area (TPSA) is 18.5 Å². The molecule has 0 aromatic rings. The second-order valence-corrected chi connectivity index (χ2v) is 5.52. The summed E-state index contributed by atoms with van der Waals surface area (Å²) < 4.78 is 11.5. The highest BCUT2D eigenvalue weighted by Gasteiger charge is 2.19. The zero-order valence-electron chi connectivity index (χ0n) is 11.8. The first-order valence-corrected chi connectivity index (χ1v) is 7.07. The molecule has 2 nitrogen and oxygen atoms in total. The van der Waals surface area contributed by atoms with Crippen LogP contribution in [-0.4, -0.2) is 19.3 Å². The minimum Gasteiger partial charge on any atom is -0.405 e. The first-order chi connectivity index (χ1) is 8.08. The Balaban J connectivity index is 2.42. The van der Waals surface area contributed by atoms with Gasteiger partial charge in [0.15, 0.2) is 0 Å². The van der Waals surface area contributed by atoms with E-state index < -0.39 is 0 Å². The maximum absolute atomic E-state index is 5.74. The molecule has 98 valence electrons. The minimum atomic E-state index is -0.183. The van der Waals surface area contributed by atoms with Crippen molar-refractivity contribution < 1.29 is 9.31 Å². The van der Waals surface area contributed by atoms with Crippen LogP contribution in [0, 0.1) is 5.92 Å². The summed E-state index contributed by atoms with van der Waals surface area (Å²) in [7, 11) is -0.183. The highest BCUT2D eigenvalue weighted by atomic mass is 16.6. The smallest absolute Gasteiger partial charge is 0.405 e. The highest BCUT2D eigenvalue weighted by Crippen LogP contribution is 2.24. The van der Waals surface area contributed by atoms with Gasteiger partial charge in [-0.3, -0.25) is 0 Å². The average molecular weight is 238 g/mol.